The van der Waals surface area contributed by atoms with Crippen molar-refractivity contribution in [3.63, 3.8) is 0 Å². The Bertz CT molecular complexity index is 357. The van der Waals surface area contributed by atoms with Crippen molar-refractivity contribution >= 4 is 25.4 Å². The normalized spacial score (nSPS) is 11.2. The predicted molar refractivity (Wildman–Crippen MR) is 67.0 cm³/mol. The predicted octanol–water partition coefficient (Wildman–Crippen LogP) is 1.94. The van der Waals surface area contributed by atoms with Gasteiger partial charge in [-0.05, 0) is 0 Å². The molecule has 0 aliphatic heterocycles. The first kappa shape index (κ1) is 13.0. The van der Waals surface area contributed by atoms with Crippen molar-refractivity contribution in [3.05, 3.63) is 42.0 Å². The maximum absolute atomic E-state index is 11.3. The molecule has 0 aliphatic rings. The summed E-state index contributed by atoms with van der Waals surface area (Å²) in [5.41, 5.74) is 0.778. The minimum absolute atomic E-state index is 0.202. The molecule has 16 heavy (non-hydrogen) atoms. The Morgan fingerprint density at radius 3 is 2.62 bits per heavy atom. The number of hydrogen-bond acceptors (Lipinski definition) is 2. The second kappa shape index (κ2) is 7.26. The molecule has 0 bridgehead atoms. The molecule has 0 aliphatic carbocycles. The van der Waals surface area contributed by atoms with Crippen LogP contribution in [0.15, 0.2) is 42.0 Å². The van der Waals surface area contributed by atoms with Gasteiger partial charge in [-0.1, -0.05) is 0 Å². The molecule has 0 heterocycles. The molecule has 0 N–H and O–H groups in total. The third-order valence-electron chi connectivity index (χ3n) is 2.18. The van der Waals surface area contributed by atoms with Gasteiger partial charge in [0.15, 0.2) is 0 Å². The summed E-state index contributed by atoms with van der Waals surface area (Å²) < 4.78 is 6.08. The first-order valence-corrected chi connectivity index (χ1v) is 7.26. The average Bonchev–Trinajstić information content (AvgIpc) is 2.35. The summed E-state index contributed by atoms with van der Waals surface area (Å²) in [6, 6.07) is 10.4. The van der Waals surface area contributed by atoms with E-state index in [0.717, 1.165) is 17.3 Å². The number of methoxy groups -OCH3 is 1. The topological polar surface area (TPSA) is 26.3 Å². The zero-order valence-electron chi connectivity index (χ0n) is 9.60. The third-order valence-corrected chi connectivity index (χ3v) is 4.31. The zero-order chi connectivity index (χ0) is 11.8. The van der Waals surface area contributed by atoms with Crippen molar-refractivity contribution in [1.29, 1.82) is 0 Å². The van der Waals surface area contributed by atoms with E-state index in [-0.39, 0.29) is 5.97 Å². The summed E-state index contributed by atoms with van der Waals surface area (Å²) in [5.74, 6) is -0.202. The molecular formula is C13H16O2Se. The molecule has 0 aromatic heterocycles. The first-order chi connectivity index (χ1) is 7.77. The number of allylic oxidation sites excluding steroid dienone is 1. The molecule has 3 heteroatoms. The maximum atomic E-state index is 11.3. The van der Waals surface area contributed by atoms with Gasteiger partial charge < -0.3 is 0 Å². The Labute approximate surface area is 103 Å². The SMILES string of the molecule is CC=C(CC[Se]c1ccccc1)C(=O)OC. The summed E-state index contributed by atoms with van der Waals surface area (Å²) in [4.78, 5) is 11.3. The Kier molecular flexibility index (Phi) is 5.91. The quantitative estimate of drug-likeness (QED) is 0.469. The van der Waals surface area contributed by atoms with Crippen LogP contribution in [0, 0.1) is 0 Å². The summed E-state index contributed by atoms with van der Waals surface area (Å²) >= 11 is 0.434. The van der Waals surface area contributed by atoms with Crippen LogP contribution in [0.25, 0.3) is 0 Å². The van der Waals surface area contributed by atoms with E-state index in [4.69, 9.17) is 4.74 Å². The van der Waals surface area contributed by atoms with Gasteiger partial charge in [-0.2, -0.15) is 0 Å². The molecule has 0 unspecified atom stereocenters. The summed E-state index contributed by atoms with van der Waals surface area (Å²) in [7, 11) is 1.42. The van der Waals surface area contributed by atoms with Gasteiger partial charge in [0.2, 0.25) is 0 Å². The minimum atomic E-state index is -0.202. The van der Waals surface area contributed by atoms with E-state index >= 15 is 0 Å². The van der Waals surface area contributed by atoms with Crippen LogP contribution in [-0.2, 0) is 9.53 Å². The number of hydrogen-bond donors (Lipinski definition) is 0. The van der Waals surface area contributed by atoms with Gasteiger partial charge in [0.25, 0.3) is 0 Å². The number of esters is 1. The Hall–Kier alpha value is -1.05. The molecule has 0 saturated carbocycles. The van der Waals surface area contributed by atoms with E-state index in [2.05, 4.69) is 12.1 Å². The average molecular weight is 283 g/mol. The number of ether oxygens (including phenoxy) is 1. The molecule has 0 amide bonds. The summed E-state index contributed by atoms with van der Waals surface area (Å²) in [6.45, 7) is 1.88. The van der Waals surface area contributed by atoms with E-state index < -0.39 is 0 Å². The van der Waals surface area contributed by atoms with E-state index in [0.29, 0.717) is 15.0 Å². The molecule has 2 nitrogen and oxygen atoms in total. The van der Waals surface area contributed by atoms with Crippen LogP contribution in [0.5, 0.6) is 0 Å². The van der Waals surface area contributed by atoms with Crippen LogP contribution in [-0.4, -0.2) is 28.0 Å². The fourth-order valence-corrected chi connectivity index (χ4v) is 3.19. The van der Waals surface area contributed by atoms with E-state index in [1.807, 2.05) is 31.2 Å². The Morgan fingerprint density at radius 2 is 2.06 bits per heavy atom. The molecule has 0 fully saturated rings. The van der Waals surface area contributed by atoms with Crippen molar-refractivity contribution in [2.75, 3.05) is 7.11 Å². The molecular weight excluding hydrogens is 267 g/mol. The number of benzene rings is 1. The fraction of sp³-hybridized carbons (Fsp3) is 0.308. The van der Waals surface area contributed by atoms with Gasteiger partial charge in [-0.15, -0.1) is 0 Å². The van der Waals surface area contributed by atoms with Crippen LogP contribution < -0.4 is 4.46 Å². The van der Waals surface area contributed by atoms with Crippen molar-refractivity contribution in [1.82, 2.24) is 0 Å². The van der Waals surface area contributed by atoms with Crippen molar-refractivity contribution in [3.8, 4) is 0 Å². The van der Waals surface area contributed by atoms with Gasteiger partial charge in [-0.25, -0.2) is 0 Å². The molecule has 0 spiro atoms. The van der Waals surface area contributed by atoms with Crippen molar-refractivity contribution in [2.24, 2.45) is 0 Å². The molecule has 0 radical (unpaired) electrons. The molecule has 1 rings (SSSR count). The third kappa shape index (κ3) is 4.21. The first-order valence-electron chi connectivity index (χ1n) is 5.19. The van der Waals surface area contributed by atoms with Crippen molar-refractivity contribution < 1.29 is 9.53 Å². The van der Waals surface area contributed by atoms with E-state index in [9.17, 15) is 4.79 Å². The standard InChI is InChI=1S/C13H16O2Se/c1-3-11(13(14)15-2)9-10-16-12-7-5-4-6-8-12/h3-8H,9-10H2,1-2H3. The number of carbonyl (C=O) groups is 1. The summed E-state index contributed by atoms with van der Waals surface area (Å²) in [5, 5.41) is 1.03. The molecule has 1 aromatic rings. The van der Waals surface area contributed by atoms with Gasteiger partial charge in [0.1, 0.15) is 0 Å². The second-order valence-electron chi connectivity index (χ2n) is 3.22. The van der Waals surface area contributed by atoms with Crippen LogP contribution >= 0.6 is 0 Å². The fourth-order valence-electron chi connectivity index (χ4n) is 1.29. The van der Waals surface area contributed by atoms with Crippen LogP contribution in [0.4, 0.5) is 0 Å². The van der Waals surface area contributed by atoms with Gasteiger partial charge in [0.05, 0.1) is 0 Å². The summed E-state index contributed by atoms with van der Waals surface area (Å²) in [6.07, 6.45) is 2.64. The molecule has 0 atom stereocenters. The molecule has 0 saturated heterocycles. The Balaban J connectivity index is 2.38. The molecule has 1 aromatic carbocycles. The van der Waals surface area contributed by atoms with Crippen LogP contribution in [0.1, 0.15) is 13.3 Å². The Morgan fingerprint density at radius 1 is 1.38 bits per heavy atom. The number of carbonyl (C=O) groups excluding carboxylic acids is 1. The van der Waals surface area contributed by atoms with Gasteiger partial charge in [-0.3, -0.25) is 0 Å². The monoisotopic (exact) mass is 284 g/mol. The van der Waals surface area contributed by atoms with Crippen molar-refractivity contribution in [2.45, 2.75) is 18.7 Å². The second-order valence-corrected chi connectivity index (χ2v) is 5.67. The number of rotatable bonds is 5. The zero-order valence-corrected chi connectivity index (χ0v) is 11.3. The van der Waals surface area contributed by atoms with Crippen LogP contribution in [0.2, 0.25) is 5.32 Å². The van der Waals surface area contributed by atoms with E-state index in [1.54, 1.807) is 0 Å². The molecule has 86 valence electrons. The van der Waals surface area contributed by atoms with Gasteiger partial charge >= 0.3 is 103 Å². The van der Waals surface area contributed by atoms with Crippen LogP contribution in [0.3, 0.4) is 0 Å². The van der Waals surface area contributed by atoms with E-state index in [1.165, 1.54) is 11.6 Å². The van der Waals surface area contributed by atoms with Gasteiger partial charge in [0, 0.05) is 0 Å².